The Kier molecular flexibility index (Phi) is 11.7. The SMILES string of the molecule is CCCC(C)(Oc1ccccc1)C(CC)C(=O)c1ccc(C(=O)Oc2c(C)cc(Cc3cc(C)c(OC(C)C)c(C)c3)cc2C)cc1. The molecular formula is C42H50O5. The number of rotatable bonds is 14. The van der Waals surface area contributed by atoms with Crippen molar-refractivity contribution in [1.82, 2.24) is 0 Å². The zero-order valence-corrected chi connectivity index (χ0v) is 29.5. The molecular weight excluding hydrogens is 584 g/mol. The maximum atomic E-state index is 13.8. The summed E-state index contributed by atoms with van der Waals surface area (Å²) in [4.78, 5) is 27.1. The largest absolute Gasteiger partial charge is 0.490 e. The summed E-state index contributed by atoms with van der Waals surface area (Å²) < 4.78 is 18.4. The van der Waals surface area contributed by atoms with Crippen molar-refractivity contribution in [2.24, 2.45) is 5.92 Å². The molecule has 0 spiro atoms. The minimum absolute atomic E-state index is 0.00838. The van der Waals surface area contributed by atoms with E-state index in [4.69, 9.17) is 14.2 Å². The Morgan fingerprint density at radius 1 is 0.723 bits per heavy atom. The fourth-order valence-corrected chi connectivity index (χ4v) is 6.67. The minimum Gasteiger partial charge on any atom is -0.490 e. The Balaban J connectivity index is 1.47. The van der Waals surface area contributed by atoms with Crippen LogP contribution in [0.5, 0.6) is 17.2 Å². The van der Waals surface area contributed by atoms with Crippen molar-refractivity contribution in [3.05, 3.63) is 123 Å². The molecule has 0 aliphatic rings. The molecule has 0 saturated carbocycles. The smallest absolute Gasteiger partial charge is 0.343 e. The normalized spacial score (nSPS) is 13.1. The highest BCUT2D eigenvalue weighted by Gasteiger charge is 2.39. The lowest BCUT2D eigenvalue weighted by molar-refractivity contribution is 0.0170. The number of hydrogen-bond acceptors (Lipinski definition) is 5. The summed E-state index contributed by atoms with van der Waals surface area (Å²) >= 11 is 0. The van der Waals surface area contributed by atoms with Gasteiger partial charge in [-0.15, -0.1) is 0 Å². The van der Waals surface area contributed by atoms with Gasteiger partial charge in [-0.25, -0.2) is 4.79 Å². The van der Waals surface area contributed by atoms with Gasteiger partial charge in [0.25, 0.3) is 0 Å². The second-order valence-corrected chi connectivity index (χ2v) is 13.2. The molecule has 0 heterocycles. The predicted octanol–water partition coefficient (Wildman–Crippen LogP) is 10.4. The van der Waals surface area contributed by atoms with Gasteiger partial charge in [0, 0.05) is 5.56 Å². The van der Waals surface area contributed by atoms with Crippen molar-refractivity contribution in [2.75, 3.05) is 0 Å². The number of carbonyl (C=O) groups excluding carboxylic acids is 2. The number of ketones is 1. The number of ether oxygens (including phenoxy) is 3. The van der Waals surface area contributed by atoms with Crippen LogP contribution in [-0.4, -0.2) is 23.5 Å². The minimum atomic E-state index is -0.663. The highest BCUT2D eigenvalue weighted by molar-refractivity contribution is 6.00. The van der Waals surface area contributed by atoms with Crippen LogP contribution in [0.4, 0.5) is 0 Å². The van der Waals surface area contributed by atoms with Gasteiger partial charge in [-0.1, -0.05) is 74.9 Å². The summed E-state index contributed by atoms with van der Waals surface area (Å²) in [6, 6.07) is 25.0. The van der Waals surface area contributed by atoms with Gasteiger partial charge in [-0.3, -0.25) is 4.79 Å². The fourth-order valence-electron chi connectivity index (χ4n) is 6.67. The summed E-state index contributed by atoms with van der Waals surface area (Å²) in [5, 5.41) is 0. The topological polar surface area (TPSA) is 61.8 Å². The third kappa shape index (κ3) is 8.71. The standard InChI is InChI=1S/C42H50O5/c1-10-21-42(9,47-36-15-13-12-14-16-36)37(11-2)38(43)34-17-19-35(20-18-34)41(44)46-40-30(7)24-33(25-31(40)8)26-32-22-28(5)39(29(6)23-32)45-27(3)4/h12-20,22-25,27,37H,10-11,21,26H2,1-9H3. The summed E-state index contributed by atoms with van der Waals surface area (Å²) in [5.74, 6) is 1.48. The Hall–Kier alpha value is -4.38. The van der Waals surface area contributed by atoms with Crippen molar-refractivity contribution in [1.29, 1.82) is 0 Å². The van der Waals surface area contributed by atoms with Crippen molar-refractivity contribution < 1.29 is 23.8 Å². The molecule has 2 atom stereocenters. The quantitative estimate of drug-likeness (QED) is 0.0785. The van der Waals surface area contributed by atoms with Gasteiger partial charge in [0.2, 0.25) is 0 Å². The van der Waals surface area contributed by atoms with Crippen molar-refractivity contribution in [3.8, 4) is 17.2 Å². The van der Waals surface area contributed by atoms with Crippen molar-refractivity contribution >= 4 is 11.8 Å². The van der Waals surface area contributed by atoms with Crippen LogP contribution in [0.1, 0.15) is 108 Å². The molecule has 47 heavy (non-hydrogen) atoms. The zero-order valence-electron chi connectivity index (χ0n) is 29.5. The third-order valence-corrected chi connectivity index (χ3v) is 8.70. The Bertz CT molecular complexity index is 1640. The lowest BCUT2D eigenvalue weighted by Gasteiger charge is -2.37. The second kappa shape index (κ2) is 15.5. The molecule has 0 N–H and O–H groups in total. The van der Waals surface area contributed by atoms with Gasteiger partial charge >= 0.3 is 5.97 Å². The van der Waals surface area contributed by atoms with E-state index in [1.807, 2.05) is 71.9 Å². The molecule has 0 aromatic heterocycles. The second-order valence-electron chi connectivity index (χ2n) is 13.2. The van der Waals surface area contributed by atoms with Crippen LogP contribution < -0.4 is 14.2 Å². The van der Waals surface area contributed by atoms with Crippen LogP contribution in [-0.2, 0) is 6.42 Å². The van der Waals surface area contributed by atoms with Crippen LogP contribution in [0, 0.1) is 33.6 Å². The van der Waals surface area contributed by atoms with E-state index in [0.717, 1.165) is 58.6 Å². The first-order valence-electron chi connectivity index (χ1n) is 16.8. The van der Waals surface area contributed by atoms with E-state index in [9.17, 15) is 9.59 Å². The first-order valence-corrected chi connectivity index (χ1v) is 16.8. The third-order valence-electron chi connectivity index (χ3n) is 8.70. The molecule has 5 nitrogen and oxygen atoms in total. The average Bonchev–Trinajstić information content (AvgIpc) is 3.01. The number of esters is 1. The molecule has 0 amide bonds. The molecule has 0 aliphatic carbocycles. The zero-order chi connectivity index (χ0) is 34.3. The maximum Gasteiger partial charge on any atom is 0.343 e. The van der Waals surface area contributed by atoms with E-state index in [-0.39, 0.29) is 17.8 Å². The van der Waals surface area contributed by atoms with E-state index in [1.54, 1.807) is 24.3 Å². The molecule has 4 rings (SSSR count). The van der Waals surface area contributed by atoms with Gasteiger partial charge < -0.3 is 14.2 Å². The number of para-hydroxylation sites is 1. The van der Waals surface area contributed by atoms with Gasteiger partial charge in [-0.05, 0) is 125 Å². The molecule has 5 heteroatoms. The number of hydrogen-bond donors (Lipinski definition) is 0. The first-order chi connectivity index (χ1) is 22.3. The average molecular weight is 635 g/mol. The number of benzene rings is 4. The molecule has 0 fully saturated rings. The molecule has 0 aliphatic heterocycles. The molecule has 0 saturated heterocycles. The van der Waals surface area contributed by atoms with E-state index >= 15 is 0 Å². The first kappa shape index (κ1) is 35.5. The van der Waals surface area contributed by atoms with Gasteiger partial charge in [0.15, 0.2) is 5.78 Å². The maximum absolute atomic E-state index is 13.8. The van der Waals surface area contributed by atoms with Crippen molar-refractivity contribution in [3.63, 3.8) is 0 Å². The number of carbonyl (C=O) groups is 2. The fraction of sp³-hybridized carbons (Fsp3) is 0.381. The van der Waals surface area contributed by atoms with Crippen LogP contribution in [0.3, 0.4) is 0 Å². The summed E-state index contributed by atoms with van der Waals surface area (Å²) in [7, 11) is 0. The molecule has 4 aromatic carbocycles. The van der Waals surface area contributed by atoms with Gasteiger partial charge in [0.05, 0.1) is 17.6 Å². The van der Waals surface area contributed by atoms with Gasteiger partial charge in [-0.2, -0.15) is 0 Å². The molecule has 2 unspecified atom stereocenters. The van der Waals surface area contributed by atoms with Crippen LogP contribution >= 0.6 is 0 Å². The van der Waals surface area contributed by atoms with Gasteiger partial charge in [0.1, 0.15) is 22.8 Å². The van der Waals surface area contributed by atoms with E-state index in [0.29, 0.717) is 23.3 Å². The van der Waals surface area contributed by atoms with E-state index in [2.05, 4.69) is 45.0 Å². The number of aryl methyl sites for hydroxylation is 4. The van der Waals surface area contributed by atoms with Crippen LogP contribution in [0.15, 0.2) is 78.9 Å². The highest BCUT2D eigenvalue weighted by Crippen LogP contribution is 2.35. The molecule has 248 valence electrons. The Labute approximate surface area is 281 Å². The highest BCUT2D eigenvalue weighted by atomic mass is 16.5. The lowest BCUT2D eigenvalue weighted by atomic mass is 9.78. The number of Topliss-reactive ketones (excluding diaryl/α,β-unsaturated/α-hetero) is 1. The Morgan fingerprint density at radius 2 is 1.23 bits per heavy atom. The van der Waals surface area contributed by atoms with E-state index in [1.165, 1.54) is 5.56 Å². The predicted molar refractivity (Wildman–Crippen MR) is 190 cm³/mol. The van der Waals surface area contributed by atoms with Crippen LogP contribution in [0.2, 0.25) is 0 Å². The molecule has 0 radical (unpaired) electrons. The Morgan fingerprint density at radius 3 is 1.72 bits per heavy atom. The summed E-state index contributed by atoms with van der Waals surface area (Å²) in [6.07, 6.45) is 3.16. The van der Waals surface area contributed by atoms with E-state index < -0.39 is 11.6 Å². The molecule has 4 aromatic rings. The van der Waals surface area contributed by atoms with Crippen LogP contribution in [0.25, 0.3) is 0 Å². The summed E-state index contributed by atoms with van der Waals surface area (Å²) in [6.45, 7) is 18.3. The lowest BCUT2D eigenvalue weighted by Crippen LogP contribution is -2.44. The summed E-state index contributed by atoms with van der Waals surface area (Å²) in [5.41, 5.74) is 6.69. The van der Waals surface area contributed by atoms with Crippen molar-refractivity contribution in [2.45, 2.75) is 99.7 Å². The monoisotopic (exact) mass is 634 g/mol. The molecule has 0 bridgehead atoms.